The third-order valence-corrected chi connectivity index (χ3v) is 7.35. The van der Waals surface area contributed by atoms with Crippen LogP contribution in [0.25, 0.3) is 10.9 Å². The zero-order valence-electron chi connectivity index (χ0n) is 22.7. The molecule has 3 heterocycles. The summed E-state index contributed by atoms with van der Waals surface area (Å²) in [6.07, 6.45) is 3.84. The highest BCUT2D eigenvalue weighted by Gasteiger charge is 2.52. The average Bonchev–Trinajstić information content (AvgIpc) is 3.38. The number of urea groups is 1. The maximum Gasteiger partial charge on any atom is 0.327 e. The molecule has 0 bridgehead atoms. The largest absolute Gasteiger partial charge is 0.343 e. The number of benzene rings is 2. The van der Waals surface area contributed by atoms with E-state index in [9.17, 15) is 9.59 Å². The number of fused-ring (bicyclic) bond motifs is 1. The molecule has 4 aromatic rings. The molecule has 1 fully saturated rings. The topological polar surface area (TPSA) is 61.7 Å². The molecule has 2 aromatic carbocycles. The van der Waals surface area contributed by atoms with E-state index < -0.39 is 12.2 Å². The van der Waals surface area contributed by atoms with Gasteiger partial charge in [-0.3, -0.25) is 14.6 Å². The fourth-order valence-corrected chi connectivity index (χ4v) is 5.68. The molecule has 0 spiro atoms. The summed E-state index contributed by atoms with van der Waals surface area (Å²) in [6, 6.07) is 23.2. The number of carbonyl (C=O) groups is 2. The molecule has 196 valence electrons. The quantitative estimate of drug-likeness (QED) is 0.362. The second-order valence-corrected chi connectivity index (χ2v) is 11.1. The van der Waals surface area contributed by atoms with Crippen molar-refractivity contribution in [3.8, 4) is 0 Å². The van der Waals surface area contributed by atoms with Crippen LogP contribution < -0.4 is 4.90 Å². The molecule has 38 heavy (non-hydrogen) atoms. The van der Waals surface area contributed by atoms with E-state index in [1.165, 1.54) is 10.5 Å². The number of amides is 3. The summed E-state index contributed by atoms with van der Waals surface area (Å²) in [5, 5.41) is 1.10. The molecular formula is C31H35N5O2. The molecule has 7 heteroatoms. The highest BCUT2D eigenvalue weighted by molar-refractivity contribution is 5.97. The second kappa shape index (κ2) is 9.97. The van der Waals surface area contributed by atoms with Gasteiger partial charge in [-0.05, 0) is 29.3 Å². The van der Waals surface area contributed by atoms with Crippen molar-refractivity contribution in [1.29, 1.82) is 0 Å². The monoisotopic (exact) mass is 509 g/mol. The first-order valence-corrected chi connectivity index (χ1v) is 13.0. The average molecular weight is 510 g/mol. The highest BCUT2D eigenvalue weighted by atomic mass is 16.2. The second-order valence-electron chi connectivity index (χ2n) is 11.1. The summed E-state index contributed by atoms with van der Waals surface area (Å²) in [4.78, 5) is 37.2. The van der Waals surface area contributed by atoms with Crippen LogP contribution in [-0.2, 0) is 17.8 Å². The van der Waals surface area contributed by atoms with Crippen molar-refractivity contribution in [2.45, 2.75) is 45.9 Å². The van der Waals surface area contributed by atoms with Crippen molar-refractivity contribution < 1.29 is 9.59 Å². The maximum absolute atomic E-state index is 14.0. The van der Waals surface area contributed by atoms with Gasteiger partial charge in [0.15, 0.2) is 0 Å². The SMILES string of the molecule is CN(C(=O)N1C(Cc2cn(Cc3ccccc3)c3ccccc23)C(=O)N(C)C1C(C)(C)C)c1ccccn1. The first-order chi connectivity index (χ1) is 18.2. The fraction of sp³-hybridized carbons (Fsp3) is 0.323. The molecule has 7 nitrogen and oxygen atoms in total. The predicted octanol–water partition coefficient (Wildman–Crippen LogP) is 5.40. The van der Waals surface area contributed by atoms with Gasteiger partial charge in [0.1, 0.15) is 18.0 Å². The van der Waals surface area contributed by atoms with Crippen LogP contribution in [0.5, 0.6) is 0 Å². The normalized spacial score (nSPS) is 17.9. The zero-order valence-corrected chi connectivity index (χ0v) is 22.7. The predicted molar refractivity (Wildman–Crippen MR) is 151 cm³/mol. The molecule has 5 rings (SSSR count). The van der Waals surface area contributed by atoms with Gasteiger partial charge in [0.2, 0.25) is 5.91 Å². The van der Waals surface area contributed by atoms with E-state index >= 15 is 0 Å². The first kappa shape index (κ1) is 25.5. The van der Waals surface area contributed by atoms with Gasteiger partial charge >= 0.3 is 6.03 Å². The molecule has 3 amide bonds. The number of rotatable bonds is 5. The van der Waals surface area contributed by atoms with Gasteiger partial charge in [-0.15, -0.1) is 0 Å². The third kappa shape index (κ3) is 4.64. The van der Waals surface area contributed by atoms with Crippen LogP contribution in [0, 0.1) is 5.41 Å². The lowest BCUT2D eigenvalue weighted by Crippen LogP contribution is -2.55. The standard InChI is InChI=1S/C31H35N5O2/c1-31(2,3)29-34(5)28(37)26(36(29)30(38)33(4)27-17-11-12-18-32-27)19-23-21-35(20-22-13-7-6-8-14-22)25-16-10-9-15-24(23)25/h6-18,21,26,29H,19-20H2,1-5H3. The fourth-order valence-electron chi connectivity index (χ4n) is 5.68. The van der Waals surface area contributed by atoms with Gasteiger partial charge in [0.25, 0.3) is 0 Å². The summed E-state index contributed by atoms with van der Waals surface area (Å²) in [5.74, 6) is 0.498. The Bertz CT molecular complexity index is 1440. The van der Waals surface area contributed by atoms with E-state index in [0.29, 0.717) is 12.2 Å². The minimum absolute atomic E-state index is 0.0485. The Labute approximate surface area is 224 Å². The first-order valence-electron chi connectivity index (χ1n) is 13.0. The molecule has 2 unspecified atom stereocenters. The third-order valence-electron chi connectivity index (χ3n) is 7.35. The Kier molecular flexibility index (Phi) is 6.69. The van der Waals surface area contributed by atoms with E-state index in [4.69, 9.17) is 0 Å². The number of hydrogen-bond acceptors (Lipinski definition) is 3. The Balaban J connectivity index is 1.54. The number of para-hydroxylation sites is 1. The number of aromatic nitrogens is 2. The number of carbonyl (C=O) groups excluding carboxylic acids is 2. The van der Waals surface area contributed by atoms with E-state index in [1.54, 1.807) is 36.2 Å². The van der Waals surface area contributed by atoms with Crippen molar-refractivity contribution in [2.75, 3.05) is 19.0 Å². The van der Waals surface area contributed by atoms with Gasteiger partial charge in [-0.1, -0.05) is 75.4 Å². The van der Waals surface area contributed by atoms with Crippen molar-refractivity contribution in [3.05, 3.63) is 96.3 Å². The van der Waals surface area contributed by atoms with Crippen LogP contribution in [0.4, 0.5) is 10.6 Å². The minimum Gasteiger partial charge on any atom is -0.343 e. The number of likely N-dealkylation sites (N-methyl/N-ethyl adjacent to an activating group) is 1. The van der Waals surface area contributed by atoms with Crippen LogP contribution in [0.15, 0.2) is 85.2 Å². The number of anilines is 1. The van der Waals surface area contributed by atoms with Crippen molar-refractivity contribution in [1.82, 2.24) is 19.4 Å². The number of pyridine rings is 1. The van der Waals surface area contributed by atoms with Crippen molar-refractivity contribution in [2.24, 2.45) is 5.41 Å². The van der Waals surface area contributed by atoms with Crippen molar-refractivity contribution >= 4 is 28.7 Å². The lowest BCUT2D eigenvalue weighted by Gasteiger charge is -2.40. The summed E-state index contributed by atoms with van der Waals surface area (Å²) in [5.41, 5.74) is 3.02. The maximum atomic E-state index is 14.0. The van der Waals surface area contributed by atoms with Gasteiger partial charge in [0.05, 0.1) is 0 Å². The van der Waals surface area contributed by atoms with Gasteiger partial charge in [-0.25, -0.2) is 9.78 Å². The summed E-state index contributed by atoms with van der Waals surface area (Å²) >= 11 is 0. The Morgan fingerprint density at radius 1 is 0.974 bits per heavy atom. The summed E-state index contributed by atoms with van der Waals surface area (Å²) < 4.78 is 2.23. The van der Waals surface area contributed by atoms with Crippen LogP contribution >= 0.6 is 0 Å². The molecule has 1 aliphatic heterocycles. The molecule has 0 saturated carbocycles. The molecule has 1 aliphatic rings. The van der Waals surface area contributed by atoms with E-state index in [-0.39, 0.29) is 17.4 Å². The zero-order chi connectivity index (χ0) is 27.0. The van der Waals surface area contributed by atoms with Crippen molar-refractivity contribution in [3.63, 3.8) is 0 Å². The van der Waals surface area contributed by atoms with Gasteiger partial charge in [-0.2, -0.15) is 0 Å². The van der Waals surface area contributed by atoms with Crippen LogP contribution in [-0.4, -0.2) is 57.6 Å². The minimum atomic E-state index is -0.626. The molecule has 0 aliphatic carbocycles. The van der Waals surface area contributed by atoms with Crippen LogP contribution in [0.2, 0.25) is 0 Å². The number of hydrogen-bond donors (Lipinski definition) is 0. The Hall–Kier alpha value is -4.13. The molecule has 0 N–H and O–H groups in total. The van der Waals surface area contributed by atoms with Gasteiger partial charge < -0.3 is 9.47 Å². The highest BCUT2D eigenvalue weighted by Crippen LogP contribution is 2.37. The van der Waals surface area contributed by atoms with E-state index in [1.807, 2.05) is 42.5 Å². The molecule has 2 aromatic heterocycles. The smallest absolute Gasteiger partial charge is 0.327 e. The van der Waals surface area contributed by atoms with E-state index in [0.717, 1.165) is 23.0 Å². The lowest BCUT2D eigenvalue weighted by molar-refractivity contribution is -0.129. The summed E-state index contributed by atoms with van der Waals surface area (Å²) in [6.45, 7) is 6.93. The van der Waals surface area contributed by atoms with Crippen LogP contribution in [0.1, 0.15) is 31.9 Å². The van der Waals surface area contributed by atoms with Crippen LogP contribution in [0.3, 0.4) is 0 Å². The Morgan fingerprint density at radius 2 is 1.66 bits per heavy atom. The molecule has 1 saturated heterocycles. The number of nitrogens with zero attached hydrogens (tertiary/aromatic N) is 5. The Morgan fingerprint density at radius 3 is 2.34 bits per heavy atom. The van der Waals surface area contributed by atoms with E-state index in [2.05, 4.69) is 60.8 Å². The lowest BCUT2D eigenvalue weighted by atomic mass is 9.91. The van der Waals surface area contributed by atoms with Gasteiger partial charge in [0, 0.05) is 55.8 Å². The molecule has 2 atom stereocenters. The molecular weight excluding hydrogens is 474 g/mol. The molecule has 0 radical (unpaired) electrons. The summed E-state index contributed by atoms with van der Waals surface area (Å²) in [7, 11) is 3.52.